The number of amides is 1. The monoisotopic (exact) mass is 411 g/mol. The Morgan fingerprint density at radius 1 is 1.00 bits per heavy atom. The first-order valence-electron chi connectivity index (χ1n) is 8.42. The maximum atomic E-state index is 12.4. The predicted octanol–water partition coefficient (Wildman–Crippen LogP) is 2.57. The minimum Gasteiger partial charge on any atom is -0.355 e. The van der Waals surface area contributed by atoms with Gasteiger partial charge in [0, 0.05) is 25.2 Å². The molecule has 0 aromatic heterocycles. The van der Waals surface area contributed by atoms with E-state index in [-0.39, 0.29) is 29.8 Å². The molecule has 148 valence electrons. The number of carbonyl (C=O) groups excluding carboxylic acids is 1. The molecule has 0 aliphatic carbocycles. The highest BCUT2D eigenvalue weighted by Gasteiger charge is 2.17. The molecule has 0 bridgehead atoms. The van der Waals surface area contributed by atoms with Crippen molar-refractivity contribution in [3.05, 3.63) is 65.2 Å². The number of halogens is 1. The van der Waals surface area contributed by atoms with Gasteiger partial charge in [0.15, 0.2) is 0 Å². The van der Waals surface area contributed by atoms with Crippen molar-refractivity contribution in [3.63, 3.8) is 0 Å². The average molecular weight is 412 g/mol. The summed E-state index contributed by atoms with van der Waals surface area (Å²) in [6.07, 6.45) is 0. The number of nitrogens with one attached hydrogen (secondary N) is 2. The highest BCUT2D eigenvalue weighted by molar-refractivity contribution is 7.89. The number of hydrogen-bond donors (Lipinski definition) is 3. The summed E-state index contributed by atoms with van der Waals surface area (Å²) < 4.78 is 27.3. The molecule has 6 nitrogen and oxygen atoms in total. The Kier molecular flexibility index (Phi) is 8.43. The van der Waals surface area contributed by atoms with Crippen LogP contribution in [0.3, 0.4) is 0 Å². The molecule has 0 aliphatic heterocycles. The van der Waals surface area contributed by atoms with Gasteiger partial charge in [0.05, 0.1) is 4.90 Å². The molecule has 2 rings (SSSR count). The van der Waals surface area contributed by atoms with Gasteiger partial charge in [-0.15, -0.1) is 12.4 Å². The Balaban J connectivity index is 0.00000364. The van der Waals surface area contributed by atoms with Crippen molar-refractivity contribution in [1.82, 2.24) is 10.0 Å². The fourth-order valence-corrected chi connectivity index (χ4v) is 3.52. The van der Waals surface area contributed by atoms with Crippen LogP contribution >= 0.6 is 12.4 Å². The first-order valence-corrected chi connectivity index (χ1v) is 9.90. The van der Waals surface area contributed by atoms with E-state index in [1.54, 1.807) is 0 Å². The lowest BCUT2D eigenvalue weighted by atomic mass is 9.99. The van der Waals surface area contributed by atoms with Crippen LogP contribution in [-0.2, 0) is 10.0 Å². The maximum absolute atomic E-state index is 12.4. The molecule has 0 heterocycles. The van der Waals surface area contributed by atoms with E-state index in [0.29, 0.717) is 11.5 Å². The van der Waals surface area contributed by atoms with E-state index in [4.69, 9.17) is 5.73 Å². The van der Waals surface area contributed by atoms with Crippen molar-refractivity contribution in [1.29, 1.82) is 0 Å². The number of hydrogen-bond acceptors (Lipinski definition) is 4. The fraction of sp³-hybridized carbons (Fsp3) is 0.316. The van der Waals surface area contributed by atoms with Crippen LogP contribution < -0.4 is 15.8 Å². The third-order valence-corrected chi connectivity index (χ3v) is 5.62. The van der Waals surface area contributed by atoms with Crippen LogP contribution in [0.1, 0.15) is 47.3 Å². The number of carbonyl (C=O) groups is 1. The van der Waals surface area contributed by atoms with Gasteiger partial charge >= 0.3 is 0 Å². The average Bonchev–Trinajstić information content (AvgIpc) is 2.65. The number of rotatable bonds is 7. The topological polar surface area (TPSA) is 101 Å². The van der Waals surface area contributed by atoms with Crippen molar-refractivity contribution in [2.45, 2.75) is 30.7 Å². The molecule has 0 fully saturated rings. The molecule has 0 saturated carbocycles. The quantitative estimate of drug-likeness (QED) is 0.651. The van der Waals surface area contributed by atoms with Gasteiger partial charge in [0.1, 0.15) is 0 Å². The van der Waals surface area contributed by atoms with Gasteiger partial charge in [0.2, 0.25) is 10.0 Å². The number of sulfonamides is 1. The van der Waals surface area contributed by atoms with E-state index in [1.165, 1.54) is 36.9 Å². The summed E-state index contributed by atoms with van der Waals surface area (Å²) in [4.78, 5) is 11.6. The lowest BCUT2D eigenvalue weighted by molar-refractivity contribution is 0.0963. The first kappa shape index (κ1) is 23.1. The van der Waals surface area contributed by atoms with Crippen molar-refractivity contribution in [3.8, 4) is 0 Å². The second-order valence-corrected chi connectivity index (χ2v) is 8.15. The van der Waals surface area contributed by atoms with E-state index >= 15 is 0 Å². The molecule has 0 spiro atoms. The van der Waals surface area contributed by atoms with Gasteiger partial charge in [-0.05, 0) is 41.3 Å². The minimum atomic E-state index is -3.70. The summed E-state index contributed by atoms with van der Waals surface area (Å²) in [7, 11) is -2.18. The first-order chi connectivity index (χ1) is 12.2. The third kappa shape index (κ3) is 6.04. The Bertz CT molecular complexity index is 851. The smallest absolute Gasteiger partial charge is 0.251 e. The second-order valence-electron chi connectivity index (χ2n) is 6.38. The summed E-state index contributed by atoms with van der Waals surface area (Å²) in [5, 5.41) is 2.49. The van der Waals surface area contributed by atoms with Gasteiger partial charge in [-0.1, -0.05) is 38.1 Å². The highest BCUT2D eigenvalue weighted by atomic mass is 35.5. The lowest BCUT2D eigenvalue weighted by Gasteiger charge is -2.15. The maximum Gasteiger partial charge on any atom is 0.251 e. The van der Waals surface area contributed by atoms with Crippen LogP contribution in [0.5, 0.6) is 0 Å². The Morgan fingerprint density at radius 3 is 2.00 bits per heavy atom. The van der Waals surface area contributed by atoms with Gasteiger partial charge in [0.25, 0.3) is 5.91 Å². The summed E-state index contributed by atoms with van der Waals surface area (Å²) in [5.74, 6) is 0.158. The van der Waals surface area contributed by atoms with Gasteiger partial charge < -0.3 is 11.1 Å². The second kappa shape index (κ2) is 9.85. The van der Waals surface area contributed by atoms with E-state index in [2.05, 4.69) is 23.9 Å². The van der Waals surface area contributed by atoms with Gasteiger partial charge in [-0.3, -0.25) is 4.79 Å². The molecule has 1 unspecified atom stereocenters. The van der Waals surface area contributed by atoms with Crippen molar-refractivity contribution < 1.29 is 13.2 Å². The van der Waals surface area contributed by atoms with Crippen molar-refractivity contribution >= 4 is 28.3 Å². The van der Waals surface area contributed by atoms with E-state index in [9.17, 15) is 13.2 Å². The Morgan fingerprint density at radius 2 is 1.52 bits per heavy atom. The van der Waals surface area contributed by atoms with Crippen LogP contribution in [0.2, 0.25) is 0 Å². The molecule has 1 atom stereocenters. The summed E-state index contributed by atoms with van der Waals surface area (Å²) >= 11 is 0. The lowest BCUT2D eigenvalue weighted by Crippen LogP contribution is -2.32. The van der Waals surface area contributed by atoms with Crippen LogP contribution in [0.4, 0.5) is 0 Å². The molecule has 2 aromatic rings. The SMILES string of the molecule is CNC(=O)c1ccc(S(=O)(=O)NCC(N)c2ccc(C(C)C)cc2)cc1.Cl. The molecular weight excluding hydrogens is 386 g/mol. The Labute approximate surface area is 167 Å². The zero-order valence-electron chi connectivity index (χ0n) is 15.6. The van der Waals surface area contributed by atoms with Crippen LogP contribution in [0.15, 0.2) is 53.4 Å². The normalized spacial score (nSPS) is 12.3. The van der Waals surface area contributed by atoms with Crippen LogP contribution in [-0.4, -0.2) is 27.9 Å². The van der Waals surface area contributed by atoms with Crippen molar-refractivity contribution in [2.75, 3.05) is 13.6 Å². The van der Waals surface area contributed by atoms with Gasteiger partial charge in [-0.25, -0.2) is 13.1 Å². The standard InChI is InChI=1S/C19H25N3O3S.ClH/c1-13(2)14-4-6-15(7-5-14)18(20)12-22-26(24,25)17-10-8-16(9-11-17)19(23)21-3;/h4-11,13,18,22H,12,20H2,1-3H3,(H,21,23);1H. The highest BCUT2D eigenvalue weighted by Crippen LogP contribution is 2.18. The van der Waals surface area contributed by atoms with Crippen LogP contribution in [0.25, 0.3) is 0 Å². The largest absolute Gasteiger partial charge is 0.355 e. The molecule has 27 heavy (non-hydrogen) atoms. The van der Waals surface area contributed by atoms with Gasteiger partial charge in [-0.2, -0.15) is 0 Å². The van der Waals surface area contributed by atoms with Crippen LogP contribution in [0, 0.1) is 0 Å². The molecule has 1 amide bonds. The minimum absolute atomic E-state index is 0. The van der Waals surface area contributed by atoms with E-state index in [0.717, 1.165) is 5.56 Å². The van der Waals surface area contributed by atoms with E-state index in [1.807, 2.05) is 24.3 Å². The summed E-state index contributed by atoms with van der Waals surface area (Å²) in [6.45, 7) is 4.30. The molecule has 0 saturated heterocycles. The fourth-order valence-electron chi connectivity index (χ4n) is 2.46. The molecule has 8 heteroatoms. The Hall–Kier alpha value is -1.93. The molecule has 0 radical (unpaired) electrons. The third-order valence-electron chi connectivity index (χ3n) is 4.18. The number of nitrogens with two attached hydrogens (primary N) is 1. The zero-order chi connectivity index (χ0) is 19.3. The molecule has 0 aliphatic rings. The molecular formula is C19H26ClN3O3S. The summed E-state index contributed by atoms with van der Waals surface area (Å²) in [5.41, 5.74) is 8.58. The van der Waals surface area contributed by atoms with Crippen molar-refractivity contribution in [2.24, 2.45) is 5.73 Å². The zero-order valence-corrected chi connectivity index (χ0v) is 17.2. The predicted molar refractivity (Wildman–Crippen MR) is 110 cm³/mol. The van der Waals surface area contributed by atoms with E-state index < -0.39 is 16.1 Å². The summed E-state index contributed by atoms with van der Waals surface area (Å²) in [6, 6.07) is 13.1. The molecule has 4 N–H and O–H groups in total. The molecule has 2 aromatic carbocycles. The number of benzene rings is 2.